The van der Waals surface area contributed by atoms with Crippen molar-refractivity contribution < 1.29 is 0 Å². The van der Waals surface area contributed by atoms with Crippen LogP contribution in [0.1, 0.15) is 0 Å². The Morgan fingerprint density at radius 2 is 1.78 bits per heavy atom. The van der Waals surface area contributed by atoms with Gasteiger partial charge in [0.05, 0.1) is 11.7 Å². The van der Waals surface area contributed by atoms with Crippen LogP contribution in [0.25, 0.3) is 32.6 Å². The first kappa shape index (κ1) is 10.1. The number of nitrogens with zero attached hydrogens (tertiary/aromatic N) is 1. The van der Waals surface area contributed by atoms with Crippen LogP contribution in [0.5, 0.6) is 0 Å². The summed E-state index contributed by atoms with van der Waals surface area (Å²) in [6, 6.07) is 12.6. The molecule has 0 aliphatic carbocycles. The van der Waals surface area contributed by atoms with Gasteiger partial charge < -0.3 is 4.98 Å². The predicted molar refractivity (Wildman–Crippen MR) is 78.8 cm³/mol. The number of halogens is 1. The molecule has 2 aromatic heterocycles. The lowest BCUT2D eigenvalue weighted by Gasteiger charge is -2.02. The van der Waals surface area contributed by atoms with E-state index in [1.807, 2.05) is 12.4 Å². The third-order valence-electron chi connectivity index (χ3n) is 3.35. The zero-order chi connectivity index (χ0) is 12.1. The fraction of sp³-hybridized carbons (Fsp3) is 0. The average molecular weight is 297 g/mol. The van der Waals surface area contributed by atoms with Gasteiger partial charge in [-0.15, -0.1) is 0 Å². The molecule has 0 fully saturated rings. The van der Waals surface area contributed by atoms with Crippen LogP contribution in [0, 0.1) is 0 Å². The number of benzene rings is 2. The summed E-state index contributed by atoms with van der Waals surface area (Å²) in [6.07, 6.45) is 3.71. The lowest BCUT2D eigenvalue weighted by molar-refractivity contribution is 1.35. The van der Waals surface area contributed by atoms with Crippen LogP contribution in [-0.4, -0.2) is 9.97 Å². The van der Waals surface area contributed by atoms with Gasteiger partial charge in [0.2, 0.25) is 0 Å². The van der Waals surface area contributed by atoms with E-state index in [1.54, 1.807) is 0 Å². The van der Waals surface area contributed by atoms with Crippen LogP contribution >= 0.6 is 15.9 Å². The van der Waals surface area contributed by atoms with Crippen molar-refractivity contribution in [3.63, 3.8) is 0 Å². The monoisotopic (exact) mass is 296 g/mol. The molecule has 0 aliphatic heterocycles. The van der Waals surface area contributed by atoms with Gasteiger partial charge in [-0.25, -0.2) is 0 Å². The van der Waals surface area contributed by atoms with E-state index in [0.29, 0.717) is 0 Å². The first-order valence-electron chi connectivity index (χ1n) is 5.77. The predicted octanol–water partition coefficient (Wildman–Crippen LogP) is 4.63. The first-order chi connectivity index (χ1) is 8.84. The third kappa shape index (κ3) is 1.25. The Balaban J connectivity index is 2.39. The minimum atomic E-state index is 1.08. The zero-order valence-corrected chi connectivity index (χ0v) is 11.0. The Labute approximate surface area is 112 Å². The molecule has 18 heavy (non-hydrogen) atoms. The van der Waals surface area contributed by atoms with Gasteiger partial charge in [0.25, 0.3) is 0 Å². The van der Waals surface area contributed by atoms with Crippen LogP contribution in [0.4, 0.5) is 0 Å². The van der Waals surface area contributed by atoms with E-state index in [9.17, 15) is 0 Å². The number of aromatic nitrogens is 2. The molecular weight excluding hydrogens is 288 g/mol. The quantitative estimate of drug-likeness (QED) is 0.503. The highest BCUT2D eigenvalue weighted by Crippen LogP contribution is 2.35. The highest BCUT2D eigenvalue weighted by atomic mass is 79.9. The molecule has 3 heteroatoms. The molecule has 2 heterocycles. The number of H-pyrrole nitrogens is 1. The van der Waals surface area contributed by atoms with Gasteiger partial charge in [0.1, 0.15) is 0 Å². The fourth-order valence-corrected chi connectivity index (χ4v) is 3.15. The van der Waals surface area contributed by atoms with E-state index in [-0.39, 0.29) is 0 Å². The van der Waals surface area contributed by atoms with Crippen LogP contribution in [-0.2, 0) is 0 Å². The summed E-state index contributed by atoms with van der Waals surface area (Å²) in [6.45, 7) is 0. The van der Waals surface area contributed by atoms with Crippen molar-refractivity contribution in [3.8, 4) is 0 Å². The molecule has 0 aliphatic rings. The van der Waals surface area contributed by atoms with E-state index < -0.39 is 0 Å². The van der Waals surface area contributed by atoms with Crippen molar-refractivity contribution in [2.24, 2.45) is 0 Å². The number of pyridine rings is 1. The Hall–Kier alpha value is -1.87. The van der Waals surface area contributed by atoms with Gasteiger partial charge in [0.15, 0.2) is 0 Å². The molecule has 2 nitrogen and oxygen atoms in total. The molecule has 0 saturated carbocycles. The Bertz CT molecular complexity index is 893. The number of rotatable bonds is 0. The van der Waals surface area contributed by atoms with Gasteiger partial charge in [-0.3, -0.25) is 4.98 Å². The standard InChI is InChI=1S/C15H9BrN2/c16-12-7-13-15(10-4-2-1-3-9(10)12)11-5-6-17-8-14(11)18-13/h1-8,18H. The topological polar surface area (TPSA) is 28.7 Å². The number of fused-ring (bicyclic) bond motifs is 5. The molecule has 0 unspecified atom stereocenters. The second-order valence-electron chi connectivity index (χ2n) is 4.37. The normalized spacial score (nSPS) is 11.6. The summed E-state index contributed by atoms with van der Waals surface area (Å²) in [5.74, 6) is 0. The van der Waals surface area contributed by atoms with E-state index in [2.05, 4.69) is 62.3 Å². The van der Waals surface area contributed by atoms with Gasteiger partial charge >= 0.3 is 0 Å². The number of aromatic amines is 1. The minimum absolute atomic E-state index is 1.08. The van der Waals surface area contributed by atoms with E-state index in [1.165, 1.54) is 21.5 Å². The zero-order valence-electron chi connectivity index (χ0n) is 9.44. The molecule has 0 radical (unpaired) electrons. The molecule has 0 bridgehead atoms. The number of nitrogens with one attached hydrogen (secondary N) is 1. The van der Waals surface area contributed by atoms with Gasteiger partial charge in [-0.1, -0.05) is 40.2 Å². The first-order valence-corrected chi connectivity index (χ1v) is 6.56. The average Bonchev–Trinajstić information content (AvgIpc) is 2.77. The summed E-state index contributed by atoms with van der Waals surface area (Å²) < 4.78 is 1.12. The molecule has 4 aromatic rings. The molecule has 1 N–H and O–H groups in total. The molecule has 0 amide bonds. The Morgan fingerprint density at radius 1 is 0.944 bits per heavy atom. The maximum atomic E-state index is 4.17. The summed E-state index contributed by atoms with van der Waals surface area (Å²) in [5.41, 5.74) is 2.22. The molecule has 4 rings (SSSR count). The third-order valence-corrected chi connectivity index (χ3v) is 4.01. The summed E-state index contributed by atoms with van der Waals surface area (Å²) in [5, 5.41) is 5.00. The van der Waals surface area contributed by atoms with Crippen molar-refractivity contribution in [1.82, 2.24) is 9.97 Å². The lowest BCUT2D eigenvalue weighted by atomic mass is 10.0. The van der Waals surface area contributed by atoms with Crippen molar-refractivity contribution in [2.45, 2.75) is 0 Å². The highest BCUT2D eigenvalue weighted by Gasteiger charge is 2.09. The summed E-state index contributed by atoms with van der Waals surface area (Å²) >= 11 is 3.64. The molecule has 86 valence electrons. The highest BCUT2D eigenvalue weighted by molar-refractivity contribution is 9.10. The summed E-state index contributed by atoms with van der Waals surface area (Å²) in [7, 11) is 0. The van der Waals surface area contributed by atoms with Gasteiger partial charge in [0, 0.05) is 27.0 Å². The van der Waals surface area contributed by atoms with E-state index in [4.69, 9.17) is 0 Å². The van der Waals surface area contributed by atoms with Crippen molar-refractivity contribution in [2.75, 3.05) is 0 Å². The maximum absolute atomic E-state index is 4.17. The largest absolute Gasteiger partial charge is 0.353 e. The van der Waals surface area contributed by atoms with Crippen molar-refractivity contribution in [1.29, 1.82) is 0 Å². The second kappa shape index (κ2) is 3.56. The van der Waals surface area contributed by atoms with Crippen LogP contribution in [0.2, 0.25) is 0 Å². The Kier molecular flexibility index (Phi) is 2.00. The molecule has 0 spiro atoms. The van der Waals surface area contributed by atoms with Crippen LogP contribution < -0.4 is 0 Å². The maximum Gasteiger partial charge on any atom is 0.0651 e. The number of hydrogen-bond acceptors (Lipinski definition) is 1. The minimum Gasteiger partial charge on any atom is -0.353 e. The second-order valence-corrected chi connectivity index (χ2v) is 5.23. The van der Waals surface area contributed by atoms with Crippen molar-refractivity contribution in [3.05, 3.63) is 53.3 Å². The van der Waals surface area contributed by atoms with E-state index >= 15 is 0 Å². The van der Waals surface area contributed by atoms with Gasteiger partial charge in [-0.2, -0.15) is 0 Å². The van der Waals surface area contributed by atoms with Crippen molar-refractivity contribution >= 4 is 48.5 Å². The smallest absolute Gasteiger partial charge is 0.0651 e. The van der Waals surface area contributed by atoms with Gasteiger partial charge in [-0.05, 0) is 22.9 Å². The number of hydrogen-bond donors (Lipinski definition) is 1. The van der Waals surface area contributed by atoms with E-state index in [0.717, 1.165) is 15.5 Å². The van der Waals surface area contributed by atoms with Crippen LogP contribution in [0.3, 0.4) is 0 Å². The Morgan fingerprint density at radius 3 is 2.67 bits per heavy atom. The fourth-order valence-electron chi connectivity index (χ4n) is 2.58. The molecule has 0 atom stereocenters. The van der Waals surface area contributed by atoms with Crippen LogP contribution in [0.15, 0.2) is 53.3 Å². The molecular formula is C15H9BrN2. The lowest BCUT2D eigenvalue weighted by Crippen LogP contribution is -1.77. The molecule has 0 saturated heterocycles. The molecule has 2 aromatic carbocycles. The summed E-state index contributed by atoms with van der Waals surface area (Å²) in [4.78, 5) is 7.59. The SMILES string of the molecule is Brc1cc2[nH]c3cnccc3c2c2ccccc12.